The standard InChI is InChI=1S/C22H22N4O4/c23-20(28)14-7-8-18(25-10-3-4-11-25)17(13-14)24-19(27)9-12-26-21(29)15-5-1-2-6-16(15)22(26)30/h1-2,5-8,13H,3-4,9-12H2,(H2,23,28)(H,24,27). The summed E-state index contributed by atoms with van der Waals surface area (Å²) in [6.45, 7) is 1.72. The summed E-state index contributed by atoms with van der Waals surface area (Å²) in [5.74, 6) is -1.72. The quantitative estimate of drug-likeness (QED) is 0.713. The van der Waals surface area contributed by atoms with Crippen LogP contribution in [0.5, 0.6) is 0 Å². The molecule has 2 aliphatic rings. The minimum Gasteiger partial charge on any atom is -0.370 e. The summed E-state index contributed by atoms with van der Waals surface area (Å²) >= 11 is 0. The second kappa shape index (κ2) is 7.98. The molecule has 2 aromatic carbocycles. The van der Waals surface area contributed by atoms with Gasteiger partial charge in [-0.1, -0.05) is 12.1 Å². The van der Waals surface area contributed by atoms with Gasteiger partial charge in [0.25, 0.3) is 11.8 Å². The van der Waals surface area contributed by atoms with Gasteiger partial charge in [0.1, 0.15) is 0 Å². The van der Waals surface area contributed by atoms with Crippen molar-refractivity contribution >= 4 is 35.0 Å². The molecule has 8 heteroatoms. The van der Waals surface area contributed by atoms with E-state index in [0.29, 0.717) is 22.4 Å². The van der Waals surface area contributed by atoms with Crippen LogP contribution in [0.25, 0.3) is 0 Å². The molecule has 8 nitrogen and oxygen atoms in total. The van der Waals surface area contributed by atoms with Gasteiger partial charge in [0, 0.05) is 31.6 Å². The highest BCUT2D eigenvalue weighted by molar-refractivity contribution is 6.21. The van der Waals surface area contributed by atoms with E-state index in [-0.39, 0.29) is 18.9 Å². The lowest BCUT2D eigenvalue weighted by atomic mass is 10.1. The number of hydrogen-bond acceptors (Lipinski definition) is 5. The molecule has 0 bridgehead atoms. The zero-order valence-corrected chi connectivity index (χ0v) is 16.4. The summed E-state index contributed by atoms with van der Waals surface area (Å²) in [6.07, 6.45) is 2.07. The van der Waals surface area contributed by atoms with Crippen LogP contribution in [0.1, 0.15) is 50.3 Å². The van der Waals surface area contributed by atoms with E-state index in [9.17, 15) is 19.2 Å². The molecule has 0 aliphatic carbocycles. The molecule has 0 aromatic heterocycles. The van der Waals surface area contributed by atoms with Crippen molar-refractivity contribution in [2.24, 2.45) is 5.73 Å². The molecule has 2 heterocycles. The lowest BCUT2D eigenvalue weighted by Crippen LogP contribution is -2.33. The van der Waals surface area contributed by atoms with Crippen LogP contribution in [0.2, 0.25) is 0 Å². The first kappa shape index (κ1) is 19.6. The minimum atomic E-state index is -0.579. The number of carbonyl (C=O) groups is 4. The van der Waals surface area contributed by atoms with Gasteiger partial charge in [0.05, 0.1) is 22.5 Å². The molecular weight excluding hydrogens is 384 g/mol. The highest BCUT2D eigenvalue weighted by Crippen LogP contribution is 2.30. The Balaban J connectivity index is 1.46. The van der Waals surface area contributed by atoms with E-state index in [1.54, 1.807) is 42.5 Å². The smallest absolute Gasteiger partial charge is 0.261 e. The zero-order chi connectivity index (χ0) is 21.3. The monoisotopic (exact) mass is 406 g/mol. The highest BCUT2D eigenvalue weighted by atomic mass is 16.2. The van der Waals surface area contributed by atoms with E-state index in [0.717, 1.165) is 36.5 Å². The van der Waals surface area contributed by atoms with Crippen LogP contribution in [0.3, 0.4) is 0 Å². The number of rotatable bonds is 6. The maximum absolute atomic E-state index is 12.6. The van der Waals surface area contributed by atoms with Crippen molar-refractivity contribution in [2.75, 3.05) is 29.9 Å². The Labute approximate surface area is 173 Å². The lowest BCUT2D eigenvalue weighted by molar-refractivity contribution is -0.116. The van der Waals surface area contributed by atoms with E-state index in [1.807, 2.05) is 0 Å². The topological polar surface area (TPSA) is 113 Å². The fourth-order valence-electron chi connectivity index (χ4n) is 3.89. The maximum Gasteiger partial charge on any atom is 0.261 e. The highest BCUT2D eigenvalue weighted by Gasteiger charge is 2.35. The fourth-order valence-corrected chi connectivity index (χ4v) is 3.89. The molecule has 2 aliphatic heterocycles. The molecule has 0 radical (unpaired) electrons. The predicted octanol–water partition coefficient (Wildman–Crippen LogP) is 2.01. The van der Waals surface area contributed by atoms with E-state index in [1.165, 1.54) is 0 Å². The fraction of sp³-hybridized carbons (Fsp3) is 0.273. The lowest BCUT2D eigenvalue weighted by Gasteiger charge is -2.22. The van der Waals surface area contributed by atoms with Gasteiger partial charge in [-0.2, -0.15) is 0 Å². The van der Waals surface area contributed by atoms with Crippen molar-refractivity contribution in [3.8, 4) is 0 Å². The number of nitrogens with zero attached hydrogens (tertiary/aromatic N) is 2. The van der Waals surface area contributed by atoms with Gasteiger partial charge in [-0.3, -0.25) is 24.1 Å². The first-order valence-electron chi connectivity index (χ1n) is 9.89. The molecule has 3 N–H and O–H groups in total. The van der Waals surface area contributed by atoms with Crippen LogP contribution in [-0.2, 0) is 4.79 Å². The molecule has 1 fully saturated rings. The molecule has 0 atom stereocenters. The SMILES string of the molecule is NC(=O)c1ccc(N2CCCC2)c(NC(=O)CCN2C(=O)c3ccccc3C2=O)c1. The van der Waals surface area contributed by atoms with Crippen molar-refractivity contribution in [3.63, 3.8) is 0 Å². The van der Waals surface area contributed by atoms with Crippen LogP contribution >= 0.6 is 0 Å². The first-order valence-corrected chi connectivity index (χ1v) is 9.89. The maximum atomic E-state index is 12.6. The Kier molecular flexibility index (Phi) is 5.22. The van der Waals surface area contributed by atoms with Crippen LogP contribution in [0, 0.1) is 0 Å². The first-order chi connectivity index (χ1) is 14.5. The Morgan fingerprint density at radius 2 is 1.60 bits per heavy atom. The summed E-state index contributed by atoms with van der Waals surface area (Å²) in [4.78, 5) is 52.3. The molecule has 2 aromatic rings. The number of primary amides is 1. The number of nitrogens with one attached hydrogen (secondary N) is 1. The van der Waals surface area contributed by atoms with Gasteiger partial charge in [0.15, 0.2) is 0 Å². The number of hydrogen-bond donors (Lipinski definition) is 2. The van der Waals surface area contributed by atoms with E-state index >= 15 is 0 Å². The molecular formula is C22H22N4O4. The van der Waals surface area contributed by atoms with Gasteiger partial charge in [0.2, 0.25) is 11.8 Å². The van der Waals surface area contributed by atoms with E-state index in [2.05, 4.69) is 10.2 Å². The second-order valence-electron chi connectivity index (χ2n) is 7.40. The van der Waals surface area contributed by atoms with Crippen molar-refractivity contribution < 1.29 is 19.2 Å². The third kappa shape index (κ3) is 3.63. The van der Waals surface area contributed by atoms with Gasteiger partial charge < -0.3 is 16.0 Å². The summed E-state index contributed by atoms with van der Waals surface area (Å²) in [5, 5.41) is 2.82. The number of benzene rings is 2. The summed E-state index contributed by atoms with van der Waals surface area (Å²) in [5.41, 5.74) is 7.72. The average Bonchev–Trinajstić information content (AvgIpc) is 3.35. The Morgan fingerprint density at radius 3 is 2.20 bits per heavy atom. The summed E-state index contributed by atoms with van der Waals surface area (Å²) in [6, 6.07) is 11.6. The third-order valence-electron chi connectivity index (χ3n) is 5.44. The molecule has 4 amide bonds. The predicted molar refractivity (Wildman–Crippen MR) is 111 cm³/mol. The van der Waals surface area contributed by atoms with Crippen LogP contribution in [0.15, 0.2) is 42.5 Å². The summed E-state index contributed by atoms with van der Waals surface area (Å²) in [7, 11) is 0. The minimum absolute atomic E-state index is 0.0211. The van der Waals surface area contributed by atoms with E-state index in [4.69, 9.17) is 5.73 Å². The molecule has 30 heavy (non-hydrogen) atoms. The number of anilines is 2. The molecule has 0 spiro atoms. The number of amides is 4. The third-order valence-corrected chi connectivity index (χ3v) is 5.44. The zero-order valence-electron chi connectivity index (χ0n) is 16.4. The number of fused-ring (bicyclic) bond motifs is 1. The Hall–Kier alpha value is -3.68. The molecule has 0 saturated carbocycles. The second-order valence-corrected chi connectivity index (χ2v) is 7.40. The van der Waals surface area contributed by atoms with E-state index < -0.39 is 17.7 Å². The summed E-state index contributed by atoms with van der Waals surface area (Å²) < 4.78 is 0. The van der Waals surface area contributed by atoms with Crippen molar-refractivity contribution in [1.82, 2.24) is 4.90 Å². The van der Waals surface area contributed by atoms with Crippen LogP contribution in [0.4, 0.5) is 11.4 Å². The molecule has 1 saturated heterocycles. The average molecular weight is 406 g/mol. The van der Waals surface area contributed by atoms with Crippen LogP contribution < -0.4 is 16.0 Å². The molecule has 0 unspecified atom stereocenters. The Morgan fingerprint density at radius 1 is 0.967 bits per heavy atom. The largest absolute Gasteiger partial charge is 0.370 e. The molecule has 154 valence electrons. The Bertz CT molecular complexity index is 1010. The van der Waals surface area contributed by atoms with Gasteiger partial charge in [-0.05, 0) is 43.2 Å². The van der Waals surface area contributed by atoms with Gasteiger partial charge in [-0.15, -0.1) is 0 Å². The number of carbonyl (C=O) groups excluding carboxylic acids is 4. The van der Waals surface area contributed by atoms with Gasteiger partial charge in [-0.25, -0.2) is 0 Å². The normalized spacial score (nSPS) is 15.5. The van der Waals surface area contributed by atoms with Crippen LogP contribution in [-0.4, -0.2) is 48.2 Å². The van der Waals surface area contributed by atoms with Crippen molar-refractivity contribution in [3.05, 3.63) is 59.2 Å². The van der Waals surface area contributed by atoms with Crippen molar-refractivity contribution in [1.29, 1.82) is 0 Å². The molecule has 4 rings (SSSR count). The van der Waals surface area contributed by atoms with Gasteiger partial charge >= 0.3 is 0 Å². The number of imide groups is 1. The van der Waals surface area contributed by atoms with Crippen molar-refractivity contribution in [2.45, 2.75) is 19.3 Å². The number of nitrogens with two attached hydrogens (primary N) is 1.